The minimum Gasteiger partial charge on any atom is -0.380 e. The van der Waals surface area contributed by atoms with Crippen LogP contribution in [0.15, 0.2) is 0 Å². The summed E-state index contributed by atoms with van der Waals surface area (Å²) in [5, 5.41) is 0. The number of rotatable bonds is 5. The lowest BCUT2D eigenvalue weighted by molar-refractivity contribution is -0.131. The fraction of sp³-hybridized carbons (Fsp3) is 0.917. The van der Waals surface area contributed by atoms with Crippen LogP contribution in [-0.2, 0) is 9.53 Å². The van der Waals surface area contributed by atoms with Crippen molar-refractivity contribution in [3.63, 3.8) is 0 Å². The number of hydrogen-bond donors (Lipinski definition) is 0. The lowest BCUT2D eigenvalue weighted by Crippen LogP contribution is -2.38. The van der Waals surface area contributed by atoms with E-state index < -0.39 is 0 Å². The van der Waals surface area contributed by atoms with Crippen LogP contribution in [0.25, 0.3) is 0 Å². The Morgan fingerprint density at radius 2 is 2.33 bits per heavy atom. The SMILES string of the molecule is CCC(C)CN(C)CC1COCCC1=O. The fourth-order valence-corrected chi connectivity index (χ4v) is 1.96. The highest BCUT2D eigenvalue weighted by molar-refractivity contribution is 5.82. The average molecular weight is 213 g/mol. The Hall–Kier alpha value is -0.410. The number of carbonyl (C=O) groups is 1. The Bertz CT molecular complexity index is 206. The van der Waals surface area contributed by atoms with Crippen molar-refractivity contribution in [2.24, 2.45) is 11.8 Å². The number of nitrogens with zero attached hydrogens (tertiary/aromatic N) is 1. The molecule has 1 fully saturated rings. The van der Waals surface area contributed by atoms with Crippen LogP contribution in [0, 0.1) is 11.8 Å². The second kappa shape index (κ2) is 6.23. The van der Waals surface area contributed by atoms with Crippen molar-refractivity contribution in [3.8, 4) is 0 Å². The van der Waals surface area contributed by atoms with Crippen molar-refractivity contribution >= 4 is 5.78 Å². The van der Waals surface area contributed by atoms with Crippen LogP contribution in [0.4, 0.5) is 0 Å². The molecule has 1 aliphatic heterocycles. The van der Waals surface area contributed by atoms with E-state index in [4.69, 9.17) is 4.74 Å². The zero-order chi connectivity index (χ0) is 11.3. The van der Waals surface area contributed by atoms with E-state index in [0.29, 0.717) is 31.3 Å². The number of hydrogen-bond acceptors (Lipinski definition) is 3. The highest BCUT2D eigenvalue weighted by atomic mass is 16.5. The van der Waals surface area contributed by atoms with E-state index in [-0.39, 0.29) is 5.92 Å². The largest absolute Gasteiger partial charge is 0.380 e. The molecular formula is C12H23NO2. The summed E-state index contributed by atoms with van der Waals surface area (Å²) in [6.07, 6.45) is 1.79. The Morgan fingerprint density at radius 1 is 1.60 bits per heavy atom. The van der Waals surface area contributed by atoms with E-state index in [9.17, 15) is 4.79 Å². The van der Waals surface area contributed by atoms with E-state index in [1.54, 1.807) is 0 Å². The van der Waals surface area contributed by atoms with Crippen LogP contribution in [0.5, 0.6) is 0 Å². The molecule has 1 rings (SSSR count). The fourth-order valence-electron chi connectivity index (χ4n) is 1.96. The van der Waals surface area contributed by atoms with Gasteiger partial charge in [-0.1, -0.05) is 20.3 Å². The number of ketones is 1. The van der Waals surface area contributed by atoms with E-state index in [2.05, 4.69) is 25.8 Å². The van der Waals surface area contributed by atoms with E-state index in [1.165, 1.54) is 6.42 Å². The second-order valence-corrected chi connectivity index (χ2v) is 4.72. The van der Waals surface area contributed by atoms with Gasteiger partial charge in [0.1, 0.15) is 5.78 Å². The first-order valence-corrected chi connectivity index (χ1v) is 5.92. The van der Waals surface area contributed by atoms with Crippen molar-refractivity contribution in [1.29, 1.82) is 0 Å². The maximum Gasteiger partial charge on any atom is 0.141 e. The second-order valence-electron chi connectivity index (χ2n) is 4.72. The van der Waals surface area contributed by atoms with Crippen LogP contribution in [0.1, 0.15) is 26.7 Å². The summed E-state index contributed by atoms with van der Waals surface area (Å²) in [7, 11) is 2.09. The monoisotopic (exact) mass is 213 g/mol. The highest BCUT2D eigenvalue weighted by Crippen LogP contribution is 2.12. The first-order chi connectivity index (χ1) is 7.13. The predicted molar refractivity (Wildman–Crippen MR) is 60.9 cm³/mol. The Morgan fingerprint density at radius 3 is 2.93 bits per heavy atom. The van der Waals surface area contributed by atoms with Gasteiger partial charge in [-0.15, -0.1) is 0 Å². The van der Waals surface area contributed by atoms with Crippen molar-refractivity contribution in [3.05, 3.63) is 0 Å². The Balaban J connectivity index is 2.29. The molecule has 1 heterocycles. The summed E-state index contributed by atoms with van der Waals surface area (Å²) in [4.78, 5) is 13.8. The summed E-state index contributed by atoms with van der Waals surface area (Å²) in [6, 6.07) is 0. The zero-order valence-corrected chi connectivity index (χ0v) is 10.2. The first kappa shape index (κ1) is 12.7. The van der Waals surface area contributed by atoms with Crippen molar-refractivity contribution in [2.45, 2.75) is 26.7 Å². The molecule has 88 valence electrons. The molecule has 0 aliphatic carbocycles. The van der Waals surface area contributed by atoms with Gasteiger partial charge in [0.05, 0.1) is 19.1 Å². The molecule has 0 aromatic carbocycles. The molecule has 3 nitrogen and oxygen atoms in total. The van der Waals surface area contributed by atoms with Crippen LogP contribution in [0.3, 0.4) is 0 Å². The molecule has 1 saturated heterocycles. The summed E-state index contributed by atoms with van der Waals surface area (Å²) >= 11 is 0. The standard InChI is InChI=1S/C12H23NO2/c1-4-10(2)7-13(3)8-11-9-15-6-5-12(11)14/h10-11H,4-9H2,1-3H3. The van der Waals surface area contributed by atoms with Gasteiger partial charge < -0.3 is 9.64 Å². The molecule has 0 amide bonds. The number of carbonyl (C=O) groups excluding carboxylic acids is 1. The van der Waals surface area contributed by atoms with Crippen LogP contribution in [0.2, 0.25) is 0 Å². The third-order valence-electron chi connectivity index (χ3n) is 3.12. The van der Waals surface area contributed by atoms with Gasteiger partial charge in [0, 0.05) is 19.5 Å². The molecule has 1 aliphatic rings. The van der Waals surface area contributed by atoms with Gasteiger partial charge >= 0.3 is 0 Å². The Labute approximate surface area is 92.8 Å². The van der Waals surface area contributed by atoms with Crippen molar-refractivity contribution < 1.29 is 9.53 Å². The maximum absolute atomic E-state index is 11.6. The van der Waals surface area contributed by atoms with Gasteiger partial charge in [0.15, 0.2) is 0 Å². The molecule has 0 aromatic rings. The lowest BCUT2D eigenvalue weighted by Gasteiger charge is -2.27. The summed E-state index contributed by atoms with van der Waals surface area (Å²) in [6.45, 7) is 7.60. The number of ether oxygens (including phenoxy) is 1. The summed E-state index contributed by atoms with van der Waals surface area (Å²) in [5.41, 5.74) is 0. The van der Waals surface area contributed by atoms with Crippen LogP contribution < -0.4 is 0 Å². The van der Waals surface area contributed by atoms with E-state index in [1.807, 2.05) is 0 Å². The van der Waals surface area contributed by atoms with Gasteiger partial charge in [-0.05, 0) is 13.0 Å². The molecule has 0 N–H and O–H groups in total. The molecule has 0 bridgehead atoms. The third kappa shape index (κ3) is 4.31. The normalized spacial score (nSPS) is 24.5. The summed E-state index contributed by atoms with van der Waals surface area (Å²) < 4.78 is 5.34. The quantitative estimate of drug-likeness (QED) is 0.694. The van der Waals surface area contributed by atoms with Crippen LogP contribution in [-0.4, -0.2) is 44.0 Å². The molecule has 0 aromatic heterocycles. The molecule has 0 spiro atoms. The van der Waals surface area contributed by atoms with Crippen LogP contribution >= 0.6 is 0 Å². The van der Waals surface area contributed by atoms with Gasteiger partial charge in [-0.25, -0.2) is 0 Å². The predicted octanol–water partition coefficient (Wildman–Crippen LogP) is 1.57. The average Bonchev–Trinajstić information content (AvgIpc) is 2.21. The molecule has 2 unspecified atom stereocenters. The molecular weight excluding hydrogens is 190 g/mol. The molecule has 0 saturated carbocycles. The van der Waals surface area contributed by atoms with Gasteiger partial charge in [0.25, 0.3) is 0 Å². The lowest BCUT2D eigenvalue weighted by atomic mass is 9.99. The van der Waals surface area contributed by atoms with Gasteiger partial charge in [-0.3, -0.25) is 4.79 Å². The maximum atomic E-state index is 11.6. The Kier molecular flexibility index (Phi) is 5.26. The molecule has 2 atom stereocenters. The third-order valence-corrected chi connectivity index (χ3v) is 3.12. The minimum atomic E-state index is 0.104. The molecule has 0 radical (unpaired) electrons. The van der Waals surface area contributed by atoms with Crippen molar-refractivity contribution in [1.82, 2.24) is 4.90 Å². The molecule has 3 heteroatoms. The van der Waals surface area contributed by atoms with Gasteiger partial charge in [0.2, 0.25) is 0 Å². The zero-order valence-electron chi connectivity index (χ0n) is 10.2. The first-order valence-electron chi connectivity index (χ1n) is 5.92. The van der Waals surface area contributed by atoms with Gasteiger partial charge in [-0.2, -0.15) is 0 Å². The summed E-state index contributed by atoms with van der Waals surface area (Å²) in [5.74, 6) is 1.18. The van der Waals surface area contributed by atoms with E-state index >= 15 is 0 Å². The van der Waals surface area contributed by atoms with Crippen molar-refractivity contribution in [2.75, 3.05) is 33.4 Å². The highest BCUT2D eigenvalue weighted by Gasteiger charge is 2.24. The smallest absolute Gasteiger partial charge is 0.141 e. The van der Waals surface area contributed by atoms with E-state index in [0.717, 1.165) is 13.1 Å². The topological polar surface area (TPSA) is 29.5 Å². The number of Topliss-reactive ketones (excluding diaryl/α,β-unsaturated/α-hetero) is 1. The minimum absolute atomic E-state index is 0.104. The molecule has 15 heavy (non-hydrogen) atoms.